The van der Waals surface area contributed by atoms with Gasteiger partial charge in [-0.05, 0) is 61.1 Å². The zero-order valence-electron chi connectivity index (χ0n) is 24.2. The predicted octanol–water partition coefficient (Wildman–Crippen LogP) is 4.41. The van der Waals surface area contributed by atoms with Crippen LogP contribution in [-0.2, 0) is 16.1 Å². The van der Waals surface area contributed by atoms with Crippen LogP contribution in [0.2, 0.25) is 5.02 Å². The molecule has 1 aliphatic heterocycles. The molecule has 3 amide bonds. The van der Waals surface area contributed by atoms with Crippen LogP contribution < -0.4 is 11.1 Å². The van der Waals surface area contributed by atoms with Crippen LogP contribution in [0.15, 0.2) is 79.1 Å². The van der Waals surface area contributed by atoms with Gasteiger partial charge >= 0.3 is 0 Å². The number of hydrogen-bond acceptors (Lipinski definition) is 6. The summed E-state index contributed by atoms with van der Waals surface area (Å²) in [7, 11) is 0. The van der Waals surface area contributed by atoms with Crippen molar-refractivity contribution in [1.29, 1.82) is 0 Å². The number of piperidine rings is 1. The van der Waals surface area contributed by atoms with E-state index in [0.717, 1.165) is 6.42 Å². The van der Waals surface area contributed by atoms with E-state index in [9.17, 15) is 14.4 Å². The zero-order valence-corrected chi connectivity index (χ0v) is 24.9. The number of benzene rings is 3. The molecule has 2 aromatic heterocycles. The van der Waals surface area contributed by atoms with Gasteiger partial charge in [-0.1, -0.05) is 47.9 Å². The van der Waals surface area contributed by atoms with Gasteiger partial charge in [0.05, 0.1) is 11.2 Å². The normalized spacial score (nSPS) is 18.0. The Morgan fingerprint density at radius 3 is 2.54 bits per heavy atom. The third kappa shape index (κ3) is 5.44. The van der Waals surface area contributed by atoms with Gasteiger partial charge in [0.1, 0.15) is 12.6 Å². The van der Waals surface area contributed by atoms with Gasteiger partial charge in [0, 0.05) is 45.5 Å². The molecule has 7 rings (SSSR count). The van der Waals surface area contributed by atoms with Gasteiger partial charge in [0.2, 0.25) is 17.6 Å². The molecule has 46 heavy (non-hydrogen) atoms. The average Bonchev–Trinajstić information content (AvgIpc) is 3.56. The van der Waals surface area contributed by atoms with Crippen LogP contribution in [0.5, 0.6) is 0 Å². The van der Waals surface area contributed by atoms with Crippen LogP contribution in [0.25, 0.3) is 22.0 Å². The highest BCUT2D eigenvalue weighted by Gasteiger charge is 2.56. The van der Waals surface area contributed by atoms with Gasteiger partial charge in [0.15, 0.2) is 11.5 Å². The Bertz CT molecular complexity index is 2110. The fourth-order valence-corrected chi connectivity index (χ4v) is 6.28. The first-order chi connectivity index (χ1) is 22.3. The van der Waals surface area contributed by atoms with Crippen molar-refractivity contribution in [2.75, 3.05) is 5.32 Å². The summed E-state index contributed by atoms with van der Waals surface area (Å²) >= 11 is 6.29. The number of fused-ring (bicyclic) bond motifs is 2. The van der Waals surface area contributed by atoms with Crippen molar-refractivity contribution >= 4 is 45.9 Å². The number of anilines is 1. The molecule has 0 bridgehead atoms. The summed E-state index contributed by atoms with van der Waals surface area (Å²) in [6, 6.07) is 17.5. The standard InChI is InChI=1S/C34H25ClFN7O3/c35-24-7-2-1-5-21(24)22-6-3-8-25(31(22)36)40-34(46)28-17-20-16-27(20)43(28)30(44)18-42-26-11-9-19(10-12-29-38-13-4-14-39-29)15-23(26)32(41-42)33(37)45/h1-9,11,13-15,20,27-28H,16-18H2,(H2,37,45)(H,40,46)/t20-,27-,28+/m1/s1. The molecule has 3 N–H and O–H groups in total. The average molecular weight is 634 g/mol. The van der Waals surface area contributed by atoms with Crippen molar-refractivity contribution in [3.05, 3.63) is 107 Å². The lowest BCUT2D eigenvalue weighted by atomic mass is 10.0. The van der Waals surface area contributed by atoms with Crippen molar-refractivity contribution in [2.45, 2.75) is 31.5 Å². The minimum Gasteiger partial charge on any atom is -0.364 e. The summed E-state index contributed by atoms with van der Waals surface area (Å²) in [5.74, 6) is 4.16. The first-order valence-electron chi connectivity index (χ1n) is 14.5. The Kier molecular flexibility index (Phi) is 7.42. The van der Waals surface area contributed by atoms with Gasteiger partial charge in [-0.3, -0.25) is 19.1 Å². The Morgan fingerprint density at radius 1 is 0.978 bits per heavy atom. The highest BCUT2D eigenvalue weighted by atomic mass is 35.5. The molecule has 3 atom stereocenters. The Balaban J connectivity index is 1.12. The first kappa shape index (κ1) is 29.1. The number of carbonyl (C=O) groups excluding carboxylic acids is 3. The second kappa shape index (κ2) is 11.7. The van der Waals surface area contributed by atoms with E-state index in [4.69, 9.17) is 17.3 Å². The second-order valence-corrected chi connectivity index (χ2v) is 11.6. The monoisotopic (exact) mass is 633 g/mol. The Morgan fingerprint density at radius 2 is 1.76 bits per heavy atom. The van der Waals surface area contributed by atoms with E-state index in [1.807, 2.05) is 0 Å². The van der Waals surface area contributed by atoms with Crippen LogP contribution in [0, 0.1) is 23.6 Å². The summed E-state index contributed by atoms with van der Waals surface area (Å²) in [6.07, 6.45) is 4.42. The van der Waals surface area contributed by atoms with Crippen LogP contribution in [0.4, 0.5) is 10.1 Å². The first-order valence-corrected chi connectivity index (χ1v) is 14.9. The lowest BCUT2D eigenvalue weighted by molar-refractivity contribution is -0.138. The second-order valence-electron chi connectivity index (χ2n) is 11.2. The van der Waals surface area contributed by atoms with E-state index >= 15 is 4.39 Å². The summed E-state index contributed by atoms with van der Waals surface area (Å²) in [6.45, 7) is -0.226. The number of carbonyl (C=O) groups is 3. The molecule has 10 nitrogen and oxygen atoms in total. The van der Waals surface area contributed by atoms with E-state index in [-0.39, 0.29) is 41.4 Å². The summed E-state index contributed by atoms with van der Waals surface area (Å²) in [4.78, 5) is 49.3. The van der Waals surface area contributed by atoms with E-state index in [1.165, 1.54) is 10.7 Å². The molecular weight excluding hydrogens is 609 g/mol. The number of aromatic nitrogens is 4. The molecule has 5 aromatic rings. The molecule has 2 aliphatic rings. The van der Waals surface area contributed by atoms with Gasteiger partial charge < -0.3 is 16.0 Å². The number of rotatable bonds is 6. The van der Waals surface area contributed by atoms with Gasteiger partial charge in [-0.15, -0.1) is 0 Å². The molecule has 12 heteroatoms. The molecule has 228 valence electrons. The van der Waals surface area contributed by atoms with E-state index in [0.29, 0.717) is 39.3 Å². The number of nitrogens with one attached hydrogen (secondary N) is 1. The molecule has 1 saturated heterocycles. The maximum Gasteiger partial charge on any atom is 0.269 e. The predicted molar refractivity (Wildman–Crippen MR) is 169 cm³/mol. The van der Waals surface area contributed by atoms with Crippen LogP contribution in [0.1, 0.15) is 34.7 Å². The largest absolute Gasteiger partial charge is 0.364 e. The van der Waals surface area contributed by atoms with E-state index < -0.39 is 23.7 Å². The number of likely N-dealkylation sites (tertiary alicyclic amines) is 1. The molecule has 1 saturated carbocycles. The quantitative estimate of drug-likeness (QED) is 0.266. The molecule has 0 spiro atoms. The number of primary amides is 1. The van der Waals surface area contributed by atoms with Crippen LogP contribution in [0.3, 0.4) is 0 Å². The zero-order chi connectivity index (χ0) is 31.9. The van der Waals surface area contributed by atoms with Crippen molar-refractivity contribution in [3.8, 4) is 23.0 Å². The number of nitrogens with zero attached hydrogens (tertiary/aromatic N) is 5. The van der Waals surface area contributed by atoms with Crippen LogP contribution in [-0.4, -0.2) is 54.5 Å². The molecule has 0 radical (unpaired) electrons. The third-order valence-electron chi connectivity index (χ3n) is 8.27. The smallest absolute Gasteiger partial charge is 0.269 e. The molecule has 0 unspecified atom stereocenters. The lowest BCUT2D eigenvalue weighted by Gasteiger charge is -2.27. The Hall–Kier alpha value is -5.60. The SMILES string of the molecule is NC(=O)c1nn(CC(=O)N2[C@@H]3C[C@@H]3C[C@H]2C(=O)Nc2cccc(-c3ccccc3Cl)c2F)c2ccc(C#Cc3ncccn3)cc12. The molecular formula is C34H25ClFN7O3. The highest BCUT2D eigenvalue weighted by Crippen LogP contribution is 2.48. The summed E-state index contributed by atoms with van der Waals surface area (Å²) in [5, 5.41) is 7.87. The topological polar surface area (TPSA) is 136 Å². The highest BCUT2D eigenvalue weighted by molar-refractivity contribution is 6.33. The van der Waals surface area contributed by atoms with Gasteiger partial charge in [-0.25, -0.2) is 14.4 Å². The van der Waals surface area contributed by atoms with Crippen molar-refractivity contribution in [2.24, 2.45) is 11.7 Å². The number of amides is 3. The van der Waals surface area contributed by atoms with Crippen molar-refractivity contribution in [3.63, 3.8) is 0 Å². The summed E-state index contributed by atoms with van der Waals surface area (Å²) < 4.78 is 17.0. The molecule has 1 aliphatic carbocycles. The number of halogens is 2. The maximum absolute atomic E-state index is 15.6. The minimum absolute atomic E-state index is 0.00251. The maximum atomic E-state index is 15.6. The molecule has 2 fully saturated rings. The van der Waals surface area contributed by atoms with E-state index in [1.54, 1.807) is 78.0 Å². The van der Waals surface area contributed by atoms with Crippen LogP contribution >= 0.6 is 11.6 Å². The summed E-state index contributed by atoms with van der Waals surface area (Å²) in [5.41, 5.74) is 7.48. The van der Waals surface area contributed by atoms with Gasteiger partial charge in [0.25, 0.3) is 5.91 Å². The Labute approximate surface area is 267 Å². The van der Waals surface area contributed by atoms with E-state index in [2.05, 4.69) is 32.2 Å². The molecule has 3 aromatic carbocycles. The third-order valence-corrected chi connectivity index (χ3v) is 8.60. The fourth-order valence-electron chi connectivity index (χ4n) is 6.04. The van der Waals surface area contributed by atoms with Gasteiger partial charge in [-0.2, -0.15) is 5.10 Å². The molecule has 3 heterocycles. The minimum atomic E-state index is -0.792. The lowest BCUT2D eigenvalue weighted by Crippen LogP contribution is -2.46. The fraction of sp³-hybridized carbons (Fsp3) is 0.176. The van der Waals surface area contributed by atoms with Crippen molar-refractivity contribution < 1.29 is 18.8 Å². The number of hydrogen-bond donors (Lipinski definition) is 2. The number of nitrogens with two attached hydrogens (primary N) is 1. The van der Waals surface area contributed by atoms with Crippen molar-refractivity contribution in [1.82, 2.24) is 24.6 Å².